The highest BCUT2D eigenvalue weighted by Gasteiger charge is 2.14. The lowest BCUT2D eigenvalue weighted by Crippen LogP contribution is -2.43. The third-order valence-corrected chi connectivity index (χ3v) is 2.65. The third kappa shape index (κ3) is 6.98. The average molecular weight is 316 g/mol. The highest BCUT2D eigenvalue weighted by atomic mass is 19.3. The van der Waals surface area contributed by atoms with Gasteiger partial charge in [-0.1, -0.05) is 12.1 Å². The zero-order valence-electron chi connectivity index (χ0n) is 12.1. The first-order valence-electron chi connectivity index (χ1n) is 6.59. The molecule has 22 heavy (non-hydrogen) atoms. The molecule has 0 spiro atoms. The summed E-state index contributed by atoms with van der Waals surface area (Å²) in [5.74, 6) is -0.775. The monoisotopic (exact) mass is 316 g/mol. The molecule has 1 amide bonds. The molecule has 0 radical (unpaired) electrons. The number of esters is 1. The van der Waals surface area contributed by atoms with E-state index in [0.29, 0.717) is 5.56 Å². The lowest BCUT2D eigenvalue weighted by molar-refractivity contribution is -0.141. The van der Waals surface area contributed by atoms with Gasteiger partial charge in [0.2, 0.25) is 5.91 Å². The molecule has 0 saturated carbocycles. The first-order chi connectivity index (χ1) is 10.4. The van der Waals surface area contributed by atoms with E-state index >= 15 is 0 Å². The van der Waals surface area contributed by atoms with Crippen LogP contribution in [0.1, 0.15) is 12.5 Å². The van der Waals surface area contributed by atoms with Crippen molar-refractivity contribution in [3.63, 3.8) is 0 Å². The van der Waals surface area contributed by atoms with Gasteiger partial charge in [-0.2, -0.15) is 8.78 Å². The summed E-state index contributed by atoms with van der Waals surface area (Å²) in [5.41, 5.74) is 6.45. The van der Waals surface area contributed by atoms with Crippen LogP contribution in [0.4, 0.5) is 8.78 Å². The minimum Gasteiger partial charge on any atom is -0.464 e. The lowest BCUT2D eigenvalue weighted by atomic mass is 10.1. The van der Waals surface area contributed by atoms with Gasteiger partial charge >= 0.3 is 12.6 Å². The van der Waals surface area contributed by atoms with Gasteiger partial charge in [-0.05, 0) is 24.1 Å². The van der Waals surface area contributed by atoms with Gasteiger partial charge in [-0.15, -0.1) is 0 Å². The SMILES string of the molecule is CC(=O)OCCNC(=O)[C@@H](N)Cc1ccc(OC(F)F)cc1. The predicted molar refractivity (Wildman–Crippen MR) is 74.4 cm³/mol. The summed E-state index contributed by atoms with van der Waals surface area (Å²) < 4.78 is 32.9. The summed E-state index contributed by atoms with van der Waals surface area (Å²) in [5, 5.41) is 2.53. The van der Waals surface area contributed by atoms with Crippen LogP contribution in [0.15, 0.2) is 24.3 Å². The van der Waals surface area contributed by atoms with Gasteiger partial charge in [0.15, 0.2) is 0 Å². The Kier molecular flexibility index (Phi) is 7.24. The summed E-state index contributed by atoms with van der Waals surface area (Å²) in [6.07, 6.45) is 0.244. The van der Waals surface area contributed by atoms with Crippen LogP contribution < -0.4 is 15.8 Å². The molecule has 1 atom stereocenters. The Hall–Kier alpha value is -2.22. The first-order valence-corrected chi connectivity index (χ1v) is 6.59. The molecule has 0 unspecified atom stereocenters. The second-order valence-electron chi connectivity index (χ2n) is 4.46. The van der Waals surface area contributed by atoms with E-state index in [1.54, 1.807) is 12.1 Å². The molecule has 0 heterocycles. The van der Waals surface area contributed by atoms with Crippen molar-refractivity contribution >= 4 is 11.9 Å². The second kappa shape index (κ2) is 8.93. The molecule has 1 rings (SSSR count). The number of hydrogen-bond acceptors (Lipinski definition) is 5. The lowest BCUT2D eigenvalue weighted by Gasteiger charge is -2.13. The zero-order chi connectivity index (χ0) is 16.5. The Labute approximate surface area is 126 Å². The number of nitrogens with one attached hydrogen (secondary N) is 1. The summed E-state index contributed by atoms with van der Waals surface area (Å²) >= 11 is 0. The van der Waals surface area contributed by atoms with Gasteiger partial charge in [0.05, 0.1) is 12.6 Å². The Morgan fingerprint density at radius 1 is 1.27 bits per heavy atom. The molecular formula is C14H18F2N2O4. The molecule has 0 fully saturated rings. The van der Waals surface area contributed by atoms with Crippen LogP contribution in [0.2, 0.25) is 0 Å². The van der Waals surface area contributed by atoms with E-state index in [2.05, 4.69) is 14.8 Å². The maximum Gasteiger partial charge on any atom is 0.387 e. The number of halogens is 2. The number of amides is 1. The van der Waals surface area contributed by atoms with Crippen molar-refractivity contribution in [2.75, 3.05) is 13.2 Å². The summed E-state index contributed by atoms with van der Waals surface area (Å²) in [6.45, 7) is -1.36. The summed E-state index contributed by atoms with van der Waals surface area (Å²) in [7, 11) is 0. The van der Waals surface area contributed by atoms with Crippen LogP contribution in [-0.2, 0) is 20.7 Å². The summed E-state index contributed by atoms with van der Waals surface area (Å²) in [6, 6.07) is 5.09. The topological polar surface area (TPSA) is 90.7 Å². The average Bonchev–Trinajstić information content (AvgIpc) is 2.44. The van der Waals surface area contributed by atoms with Gasteiger partial charge in [-0.25, -0.2) is 0 Å². The van der Waals surface area contributed by atoms with Gasteiger partial charge < -0.3 is 20.5 Å². The van der Waals surface area contributed by atoms with E-state index < -0.39 is 18.6 Å². The molecule has 1 aromatic rings. The molecule has 1 aromatic carbocycles. The minimum atomic E-state index is -2.88. The van der Waals surface area contributed by atoms with Crippen molar-refractivity contribution in [3.8, 4) is 5.75 Å². The van der Waals surface area contributed by atoms with Crippen LogP contribution in [-0.4, -0.2) is 37.7 Å². The second-order valence-corrected chi connectivity index (χ2v) is 4.46. The zero-order valence-corrected chi connectivity index (χ0v) is 12.1. The molecule has 0 aliphatic carbocycles. The van der Waals surface area contributed by atoms with Crippen molar-refractivity contribution in [2.45, 2.75) is 26.0 Å². The highest BCUT2D eigenvalue weighted by Crippen LogP contribution is 2.15. The molecule has 0 saturated heterocycles. The highest BCUT2D eigenvalue weighted by molar-refractivity contribution is 5.81. The normalized spacial score (nSPS) is 11.9. The molecule has 122 valence electrons. The van der Waals surface area contributed by atoms with Crippen molar-refractivity contribution in [1.29, 1.82) is 0 Å². The number of rotatable bonds is 8. The predicted octanol–water partition coefficient (Wildman–Crippen LogP) is 0.837. The van der Waals surface area contributed by atoms with Gasteiger partial charge in [0.1, 0.15) is 12.4 Å². The van der Waals surface area contributed by atoms with E-state index in [4.69, 9.17) is 5.73 Å². The Balaban J connectivity index is 2.38. The van der Waals surface area contributed by atoms with Crippen molar-refractivity contribution in [3.05, 3.63) is 29.8 Å². The smallest absolute Gasteiger partial charge is 0.387 e. The van der Waals surface area contributed by atoms with Crippen LogP contribution in [0.25, 0.3) is 0 Å². The van der Waals surface area contributed by atoms with Gasteiger partial charge in [0, 0.05) is 6.92 Å². The van der Waals surface area contributed by atoms with E-state index in [-0.39, 0.29) is 31.2 Å². The summed E-state index contributed by atoms with van der Waals surface area (Å²) in [4.78, 5) is 22.2. The molecule has 0 aromatic heterocycles. The number of hydrogen-bond donors (Lipinski definition) is 2. The number of alkyl halides is 2. The third-order valence-electron chi connectivity index (χ3n) is 2.65. The largest absolute Gasteiger partial charge is 0.464 e. The fourth-order valence-electron chi connectivity index (χ4n) is 1.65. The maximum atomic E-state index is 12.0. The van der Waals surface area contributed by atoms with Crippen LogP contribution in [0.3, 0.4) is 0 Å². The van der Waals surface area contributed by atoms with Crippen molar-refractivity contribution in [1.82, 2.24) is 5.32 Å². The Morgan fingerprint density at radius 2 is 1.91 bits per heavy atom. The van der Waals surface area contributed by atoms with Crippen molar-refractivity contribution < 1.29 is 27.8 Å². The molecule has 0 bridgehead atoms. The standard InChI is InChI=1S/C14H18F2N2O4/c1-9(19)21-7-6-18-13(20)12(17)8-10-2-4-11(5-3-10)22-14(15)16/h2-5,12,14H,6-8,17H2,1H3,(H,18,20)/t12-/m0/s1. The van der Waals surface area contributed by atoms with Crippen molar-refractivity contribution in [2.24, 2.45) is 5.73 Å². The molecule has 6 nitrogen and oxygen atoms in total. The molecule has 0 aliphatic heterocycles. The van der Waals surface area contributed by atoms with Crippen LogP contribution in [0, 0.1) is 0 Å². The first kappa shape index (κ1) is 17.8. The number of carbonyl (C=O) groups excluding carboxylic acids is 2. The number of ether oxygens (including phenoxy) is 2. The minimum absolute atomic E-state index is 0.0400. The Bertz CT molecular complexity index is 494. The number of nitrogens with two attached hydrogens (primary N) is 1. The van der Waals surface area contributed by atoms with E-state index in [1.165, 1.54) is 19.1 Å². The number of carbonyl (C=O) groups is 2. The Morgan fingerprint density at radius 3 is 2.45 bits per heavy atom. The van der Waals surface area contributed by atoms with E-state index in [9.17, 15) is 18.4 Å². The van der Waals surface area contributed by atoms with Gasteiger partial charge in [-0.3, -0.25) is 9.59 Å². The van der Waals surface area contributed by atoms with Crippen LogP contribution in [0.5, 0.6) is 5.75 Å². The fourth-order valence-corrected chi connectivity index (χ4v) is 1.65. The van der Waals surface area contributed by atoms with E-state index in [0.717, 1.165) is 0 Å². The quantitative estimate of drug-likeness (QED) is 0.548. The molecule has 3 N–H and O–H groups in total. The molecule has 8 heteroatoms. The molecular weight excluding hydrogens is 298 g/mol. The maximum absolute atomic E-state index is 12.0. The molecule has 0 aliphatic rings. The number of benzene rings is 1. The van der Waals surface area contributed by atoms with Gasteiger partial charge in [0.25, 0.3) is 0 Å². The fraction of sp³-hybridized carbons (Fsp3) is 0.429. The van der Waals surface area contributed by atoms with E-state index in [1.807, 2.05) is 0 Å². The van der Waals surface area contributed by atoms with Crippen LogP contribution >= 0.6 is 0 Å².